The Balaban J connectivity index is 1.33. The van der Waals surface area contributed by atoms with Crippen molar-refractivity contribution in [1.29, 1.82) is 0 Å². The van der Waals surface area contributed by atoms with E-state index in [1.54, 1.807) is 6.21 Å². The van der Waals surface area contributed by atoms with Gasteiger partial charge in [0.15, 0.2) is 0 Å². The summed E-state index contributed by atoms with van der Waals surface area (Å²) in [5.74, 6) is 2.89. The van der Waals surface area contributed by atoms with Crippen LogP contribution in [0.1, 0.15) is 11.3 Å². The molecular weight excluding hydrogens is 458 g/mol. The van der Waals surface area contributed by atoms with Gasteiger partial charge in [0.05, 0.1) is 32.6 Å². The highest BCUT2D eigenvalue weighted by Crippen LogP contribution is 2.26. The first-order valence-electron chi connectivity index (χ1n) is 11.2. The first kappa shape index (κ1) is 22.6. The topological polar surface area (TPSA) is 101 Å². The molecule has 2 fully saturated rings. The number of halogens is 1. The summed E-state index contributed by atoms with van der Waals surface area (Å²) in [6.07, 6.45) is 1.59. The molecule has 2 aromatic heterocycles. The number of nitrogens with one attached hydrogen (secondary N) is 1. The zero-order valence-electron chi connectivity index (χ0n) is 18.9. The van der Waals surface area contributed by atoms with Gasteiger partial charge in [0.25, 0.3) is 0 Å². The van der Waals surface area contributed by atoms with Crippen molar-refractivity contribution in [2.75, 3.05) is 67.8 Å². The maximum absolute atomic E-state index is 6.24. The molecule has 4 heterocycles. The predicted molar refractivity (Wildman–Crippen MR) is 131 cm³/mol. The van der Waals surface area contributed by atoms with Crippen LogP contribution < -0.4 is 15.2 Å². The van der Waals surface area contributed by atoms with Gasteiger partial charge in [-0.2, -0.15) is 20.1 Å². The Morgan fingerprint density at radius 1 is 0.912 bits per heavy atom. The standard InChI is InChI=1S/C23H26ClN7O3/c1-16-2-3-17(14-19(16)24)20-5-4-18(34-20)15-25-29-21-26-22(30-6-10-32-11-7-30)28-23(27-21)31-8-12-33-13-9-31/h2-5,14-15H,6-13H2,1H3,(H,26,27,28,29). The van der Waals surface area contributed by atoms with Crippen LogP contribution >= 0.6 is 11.6 Å². The first-order chi connectivity index (χ1) is 16.7. The van der Waals surface area contributed by atoms with Gasteiger partial charge in [0.1, 0.15) is 11.5 Å². The summed E-state index contributed by atoms with van der Waals surface area (Å²) < 4.78 is 16.8. The van der Waals surface area contributed by atoms with E-state index in [0.717, 1.165) is 37.3 Å². The van der Waals surface area contributed by atoms with E-state index in [9.17, 15) is 0 Å². The lowest BCUT2D eigenvalue weighted by Crippen LogP contribution is -2.40. The molecule has 0 aliphatic carbocycles. The highest BCUT2D eigenvalue weighted by Gasteiger charge is 2.20. The van der Waals surface area contributed by atoms with E-state index in [2.05, 4.69) is 30.3 Å². The van der Waals surface area contributed by atoms with Crippen molar-refractivity contribution in [3.05, 3.63) is 46.7 Å². The monoisotopic (exact) mass is 483 g/mol. The summed E-state index contributed by atoms with van der Waals surface area (Å²) in [5, 5.41) is 4.99. The minimum Gasteiger partial charge on any atom is -0.455 e. The number of furan rings is 1. The number of hydrogen-bond donors (Lipinski definition) is 1. The van der Waals surface area contributed by atoms with Gasteiger partial charge in [-0.25, -0.2) is 5.43 Å². The van der Waals surface area contributed by atoms with Gasteiger partial charge in [-0.05, 0) is 30.7 Å². The molecule has 178 valence electrons. The Labute approximate surface area is 202 Å². The smallest absolute Gasteiger partial charge is 0.250 e. The molecule has 1 N–H and O–H groups in total. The van der Waals surface area contributed by atoms with Crippen LogP contribution in [0.25, 0.3) is 11.3 Å². The number of hydrazone groups is 1. The lowest BCUT2D eigenvalue weighted by atomic mass is 10.1. The fourth-order valence-corrected chi connectivity index (χ4v) is 3.87. The molecule has 0 spiro atoms. The predicted octanol–water partition coefficient (Wildman–Crippen LogP) is 3.21. The van der Waals surface area contributed by atoms with E-state index in [1.807, 2.05) is 37.3 Å². The summed E-state index contributed by atoms with van der Waals surface area (Å²) in [4.78, 5) is 18.0. The van der Waals surface area contributed by atoms with E-state index in [-0.39, 0.29) is 0 Å². The number of rotatable bonds is 6. The lowest BCUT2D eigenvalue weighted by molar-refractivity contribution is 0.121. The average molecular weight is 484 g/mol. The number of anilines is 3. The summed E-state index contributed by atoms with van der Waals surface area (Å²) in [5.41, 5.74) is 4.86. The maximum atomic E-state index is 6.24. The molecule has 10 nitrogen and oxygen atoms in total. The third-order valence-electron chi connectivity index (χ3n) is 5.64. The summed E-state index contributed by atoms with van der Waals surface area (Å²) in [6.45, 7) is 7.47. The molecule has 2 aliphatic heterocycles. The Bertz CT molecular complexity index is 1120. The second-order valence-corrected chi connectivity index (χ2v) is 8.40. The second-order valence-electron chi connectivity index (χ2n) is 7.99. The van der Waals surface area contributed by atoms with Crippen LogP contribution in [0.3, 0.4) is 0 Å². The molecule has 0 radical (unpaired) electrons. The van der Waals surface area contributed by atoms with E-state index >= 15 is 0 Å². The molecule has 3 aromatic rings. The number of aryl methyl sites for hydroxylation is 1. The molecule has 2 saturated heterocycles. The van der Waals surface area contributed by atoms with Crippen LogP contribution in [-0.4, -0.2) is 73.8 Å². The van der Waals surface area contributed by atoms with Gasteiger partial charge in [0.2, 0.25) is 17.8 Å². The summed E-state index contributed by atoms with van der Waals surface area (Å²) >= 11 is 6.24. The number of aromatic nitrogens is 3. The number of hydrogen-bond acceptors (Lipinski definition) is 10. The molecule has 5 rings (SSSR count). The highest BCUT2D eigenvalue weighted by molar-refractivity contribution is 6.31. The van der Waals surface area contributed by atoms with Crippen molar-refractivity contribution < 1.29 is 13.9 Å². The van der Waals surface area contributed by atoms with Crippen LogP contribution in [0, 0.1) is 6.92 Å². The van der Waals surface area contributed by atoms with E-state index in [0.29, 0.717) is 60.8 Å². The molecular formula is C23H26ClN7O3. The minimum atomic E-state index is 0.367. The Morgan fingerprint density at radius 2 is 1.56 bits per heavy atom. The van der Waals surface area contributed by atoms with Gasteiger partial charge in [-0.15, -0.1) is 0 Å². The van der Waals surface area contributed by atoms with Crippen molar-refractivity contribution in [2.45, 2.75) is 6.92 Å². The van der Waals surface area contributed by atoms with E-state index < -0.39 is 0 Å². The average Bonchev–Trinajstić information content (AvgIpc) is 3.35. The third kappa shape index (κ3) is 5.30. The van der Waals surface area contributed by atoms with Gasteiger partial charge in [0, 0.05) is 36.8 Å². The molecule has 11 heteroatoms. The van der Waals surface area contributed by atoms with Crippen LogP contribution in [0.4, 0.5) is 17.8 Å². The van der Waals surface area contributed by atoms with Crippen molar-refractivity contribution >= 4 is 35.7 Å². The molecule has 34 heavy (non-hydrogen) atoms. The van der Waals surface area contributed by atoms with Crippen LogP contribution in [-0.2, 0) is 9.47 Å². The Morgan fingerprint density at radius 3 is 2.18 bits per heavy atom. The van der Waals surface area contributed by atoms with E-state index in [4.69, 9.17) is 30.5 Å². The van der Waals surface area contributed by atoms with Crippen LogP contribution in [0.5, 0.6) is 0 Å². The maximum Gasteiger partial charge on any atom is 0.250 e. The number of ether oxygens (including phenoxy) is 2. The van der Waals surface area contributed by atoms with Crippen molar-refractivity contribution in [3.8, 4) is 11.3 Å². The summed E-state index contributed by atoms with van der Waals surface area (Å²) in [7, 11) is 0. The van der Waals surface area contributed by atoms with Gasteiger partial charge >= 0.3 is 0 Å². The Hall–Kier alpha value is -3.21. The zero-order valence-corrected chi connectivity index (χ0v) is 19.7. The fourth-order valence-electron chi connectivity index (χ4n) is 3.69. The molecule has 0 unspecified atom stereocenters. The molecule has 0 amide bonds. The van der Waals surface area contributed by atoms with Crippen LogP contribution in [0.2, 0.25) is 5.02 Å². The molecule has 0 bridgehead atoms. The van der Waals surface area contributed by atoms with Crippen molar-refractivity contribution in [1.82, 2.24) is 15.0 Å². The van der Waals surface area contributed by atoms with Crippen molar-refractivity contribution in [2.24, 2.45) is 5.10 Å². The third-order valence-corrected chi connectivity index (χ3v) is 6.05. The first-order valence-corrected chi connectivity index (χ1v) is 11.6. The zero-order chi connectivity index (χ0) is 23.3. The minimum absolute atomic E-state index is 0.367. The number of morpholine rings is 2. The lowest BCUT2D eigenvalue weighted by Gasteiger charge is -2.30. The molecule has 0 saturated carbocycles. The molecule has 0 atom stereocenters. The fraction of sp³-hybridized carbons (Fsp3) is 0.391. The van der Waals surface area contributed by atoms with Gasteiger partial charge in [-0.3, -0.25) is 0 Å². The largest absolute Gasteiger partial charge is 0.455 e. The van der Waals surface area contributed by atoms with E-state index in [1.165, 1.54) is 0 Å². The number of nitrogens with zero attached hydrogens (tertiary/aromatic N) is 6. The quantitative estimate of drug-likeness (QED) is 0.418. The van der Waals surface area contributed by atoms with Gasteiger partial charge < -0.3 is 23.7 Å². The van der Waals surface area contributed by atoms with Gasteiger partial charge in [-0.1, -0.05) is 23.7 Å². The SMILES string of the molecule is Cc1ccc(-c2ccc(C=NNc3nc(N4CCOCC4)nc(N4CCOCC4)n3)o2)cc1Cl. The highest BCUT2D eigenvalue weighted by atomic mass is 35.5. The second kappa shape index (κ2) is 10.4. The molecule has 2 aliphatic rings. The van der Waals surface area contributed by atoms with Crippen LogP contribution in [0.15, 0.2) is 39.9 Å². The number of benzene rings is 1. The Kier molecular flexibility index (Phi) is 6.89. The van der Waals surface area contributed by atoms with Crippen molar-refractivity contribution in [3.63, 3.8) is 0 Å². The normalized spacial score (nSPS) is 16.9. The molecule has 1 aromatic carbocycles. The summed E-state index contributed by atoms with van der Waals surface area (Å²) in [6, 6.07) is 9.57.